The highest BCUT2D eigenvalue weighted by atomic mass is 127. The van der Waals surface area contributed by atoms with Crippen molar-refractivity contribution in [2.75, 3.05) is 0 Å². The van der Waals surface area contributed by atoms with Crippen LogP contribution >= 0.6 is 33.9 Å². The zero-order chi connectivity index (χ0) is 39.3. The fourth-order valence-corrected chi connectivity index (χ4v) is 9.36. The Kier molecular flexibility index (Phi) is 9.77. The number of nitrogens with zero attached hydrogens (tertiary/aromatic N) is 2. The second-order valence-corrected chi connectivity index (χ2v) is 22.8. The smallest absolute Gasteiger partial charge is 0.129 e. The summed E-state index contributed by atoms with van der Waals surface area (Å²) >= 11 is 4.17. The molecule has 276 valence electrons. The van der Waals surface area contributed by atoms with Crippen LogP contribution in [-0.4, -0.2) is 23.0 Å². The van der Waals surface area contributed by atoms with Crippen LogP contribution in [0.4, 0.5) is 0 Å². The molecule has 2 aliphatic heterocycles. The Labute approximate surface area is 353 Å². The molecule has 0 amide bonds. The third kappa shape index (κ3) is 7.63. The van der Waals surface area contributed by atoms with E-state index >= 15 is 0 Å². The first-order valence-corrected chi connectivity index (χ1v) is 24.6. The number of halogens is 1. The number of thiophene rings is 1. The summed E-state index contributed by atoms with van der Waals surface area (Å²) < 4.78 is 3.51. The average Bonchev–Trinajstić information content (AvgIpc) is 4.04. The van der Waals surface area contributed by atoms with Gasteiger partial charge in [0.2, 0.25) is 0 Å². The predicted molar refractivity (Wildman–Crippen MR) is 257 cm³/mol. The molecule has 4 aromatic carbocycles. The van der Waals surface area contributed by atoms with Crippen molar-refractivity contribution in [2.45, 2.75) is 33.5 Å². The highest BCUT2D eigenvalue weighted by Crippen LogP contribution is 2.41. The molecular formula is C51H40IN3SSi. The van der Waals surface area contributed by atoms with E-state index in [4.69, 9.17) is 9.97 Å². The molecule has 2 aliphatic rings. The third-order valence-corrected chi connectivity index (χ3v) is 12.9. The van der Waals surface area contributed by atoms with E-state index < -0.39 is 8.07 Å². The van der Waals surface area contributed by atoms with Gasteiger partial charge in [0.05, 0.1) is 22.8 Å². The summed E-state index contributed by atoms with van der Waals surface area (Å²) in [5.74, 6) is 3.43. The van der Waals surface area contributed by atoms with Gasteiger partial charge in [0, 0.05) is 51.8 Å². The molecule has 3 nitrogen and oxygen atoms in total. The molecule has 0 saturated carbocycles. The van der Waals surface area contributed by atoms with Crippen LogP contribution in [0.1, 0.15) is 39.5 Å². The first kappa shape index (κ1) is 37.0. The van der Waals surface area contributed by atoms with E-state index in [1.165, 1.54) is 14.7 Å². The van der Waals surface area contributed by atoms with Crippen LogP contribution in [0.15, 0.2) is 121 Å². The molecule has 7 aromatic rings. The van der Waals surface area contributed by atoms with Gasteiger partial charge in [-0.25, -0.2) is 9.97 Å². The van der Waals surface area contributed by atoms with E-state index in [9.17, 15) is 0 Å². The van der Waals surface area contributed by atoms with Crippen molar-refractivity contribution in [1.29, 1.82) is 0 Å². The Hall–Kier alpha value is -5.59. The summed E-state index contributed by atoms with van der Waals surface area (Å²) in [6.45, 7) is 11.1. The van der Waals surface area contributed by atoms with Crippen molar-refractivity contribution in [3.63, 3.8) is 0 Å². The number of fused-ring (bicyclic) bond motifs is 8. The summed E-state index contributed by atoms with van der Waals surface area (Å²) in [5, 5.41) is 0. The second-order valence-electron chi connectivity index (χ2n) is 15.7. The number of benzene rings is 4. The standard InChI is InChI=1S/C51H40IN3SSi/c1-32-6-12-35(13-7-32)48-40-22-23-41(53-40)49(36-16-10-34(11-17-36)30-31-57(3,4)5)43-25-26-44(55-43)50(37-14-8-33(2)9-15-37)46-28-29-47(56-46)51(45-27-24-42(48)54-45)38-18-20-39(52)21-19-38/h6-29,53H,1-5H3. The lowest BCUT2D eigenvalue weighted by Crippen LogP contribution is -2.16. The molecule has 0 radical (unpaired) electrons. The summed E-state index contributed by atoms with van der Waals surface area (Å²) in [7, 11) is -1.52. The topological polar surface area (TPSA) is 41.6 Å². The summed E-state index contributed by atoms with van der Waals surface area (Å²) in [4.78, 5) is 14.8. The maximum atomic E-state index is 5.48. The summed E-state index contributed by atoms with van der Waals surface area (Å²) in [5.41, 5.74) is 21.4. The lowest BCUT2D eigenvalue weighted by molar-refractivity contribution is 1.32. The molecule has 0 aliphatic carbocycles. The van der Waals surface area contributed by atoms with E-state index in [2.05, 4.69) is 218 Å². The molecule has 0 saturated heterocycles. The molecular weight excluding hydrogens is 842 g/mol. The van der Waals surface area contributed by atoms with Crippen molar-refractivity contribution in [2.24, 2.45) is 0 Å². The van der Waals surface area contributed by atoms with Crippen molar-refractivity contribution in [3.05, 3.63) is 164 Å². The Bertz CT molecular complexity index is 2940. The van der Waals surface area contributed by atoms with Crippen molar-refractivity contribution >= 4 is 86.7 Å². The lowest BCUT2D eigenvalue weighted by atomic mass is 10.0. The van der Waals surface area contributed by atoms with Gasteiger partial charge in [-0.3, -0.25) is 0 Å². The fourth-order valence-electron chi connectivity index (χ4n) is 7.33. The van der Waals surface area contributed by atoms with Crippen LogP contribution < -0.4 is 0 Å². The SMILES string of the molecule is Cc1ccc(-c2c3nc(c(-c4ccc(I)cc4)c4ccc(s4)c(-c4ccc(C)cc4)c4nc(c(-c5ccc(C#C[Si](C)(C)C)cc5)c5ccc2[nH]5)C=C4)C=C3)cc1. The summed E-state index contributed by atoms with van der Waals surface area (Å²) in [6.07, 6.45) is 8.70. The number of nitrogens with one attached hydrogen (secondary N) is 1. The zero-order valence-electron chi connectivity index (χ0n) is 32.5. The number of rotatable bonds is 4. The Morgan fingerprint density at radius 3 is 1.32 bits per heavy atom. The lowest BCUT2D eigenvalue weighted by Gasteiger charge is -2.07. The molecule has 0 fully saturated rings. The minimum absolute atomic E-state index is 0.907. The third-order valence-electron chi connectivity index (χ3n) is 10.2. The molecule has 8 bridgehead atoms. The van der Waals surface area contributed by atoms with E-state index in [0.717, 1.165) is 93.3 Å². The van der Waals surface area contributed by atoms with Crippen LogP contribution in [0.2, 0.25) is 19.6 Å². The monoisotopic (exact) mass is 881 g/mol. The molecule has 0 atom stereocenters. The predicted octanol–water partition coefficient (Wildman–Crippen LogP) is 14.5. The van der Waals surface area contributed by atoms with Gasteiger partial charge in [-0.15, -0.1) is 16.9 Å². The van der Waals surface area contributed by atoms with E-state index in [1.807, 2.05) is 0 Å². The van der Waals surface area contributed by atoms with Crippen molar-refractivity contribution in [1.82, 2.24) is 15.0 Å². The number of aromatic nitrogens is 3. The maximum Gasteiger partial charge on any atom is 0.129 e. The minimum atomic E-state index is -1.52. The largest absolute Gasteiger partial charge is 0.354 e. The van der Waals surface area contributed by atoms with Gasteiger partial charge < -0.3 is 4.98 Å². The van der Waals surface area contributed by atoms with Crippen molar-refractivity contribution in [3.8, 4) is 56.0 Å². The van der Waals surface area contributed by atoms with Crippen LogP contribution in [0, 0.1) is 28.9 Å². The minimum Gasteiger partial charge on any atom is -0.354 e. The van der Waals surface area contributed by atoms with Gasteiger partial charge in [-0.1, -0.05) is 109 Å². The molecule has 0 spiro atoms. The van der Waals surface area contributed by atoms with Gasteiger partial charge in [0.25, 0.3) is 0 Å². The number of hydrogen-bond acceptors (Lipinski definition) is 3. The van der Waals surface area contributed by atoms with Crippen LogP contribution in [0.5, 0.6) is 0 Å². The van der Waals surface area contributed by atoms with Gasteiger partial charge in [0.15, 0.2) is 0 Å². The van der Waals surface area contributed by atoms with Gasteiger partial charge in [-0.05, 0) is 132 Å². The Balaban J connectivity index is 1.42. The summed E-state index contributed by atoms with van der Waals surface area (Å²) in [6, 6.07) is 43.9. The number of aromatic amines is 1. The van der Waals surface area contributed by atoms with Crippen LogP contribution in [0.25, 0.3) is 89.2 Å². The molecule has 57 heavy (non-hydrogen) atoms. The first-order chi connectivity index (χ1) is 27.6. The van der Waals surface area contributed by atoms with Crippen LogP contribution in [-0.2, 0) is 0 Å². The molecule has 0 unspecified atom stereocenters. The molecule has 6 heteroatoms. The fraction of sp³-hybridized carbons (Fsp3) is 0.0980. The average molecular weight is 882 g/mol. The Morgan fingerprint density at radius 1 is 0.491 bits per heavy atom. The molecule has 5 heterocycles. The molecule has 3 aromatic heterocycles. The second kappa shape index (κ2) is 15.1. The zero-order valence-corrected chi connectivity index (χ0v) is 36.5. The molecule has 9 rings (SSSR count). The Morgan fingerprint density at radius 2 is 0.877 bits per heavy atom. The first-order valence-electron chi connectivity index (χ1n) is 19.2. The van der Waals surface area contributed by atoms with E-state index in [0.29, 0.717) is 0 Å². The normalized spacial score (nSPS) is 12.1. The molecule has 1 N–H and O–H groups in total. The number of H-pyrrole nitrogens is 1. The highest BCUT2D eigenvalue weighted by molar-refractivity contribution is 14.1. The quantitative estimate of drug-likeness (QED) is 0.109. The van der Waals surface area contributed by atoms with Gasteiger partial charge in [-0.2, -0.15) is 0 Å². The van der Waals surface area contributed by atoms with E-state index in [-0.39, 0.29) is 0 Å². The van der Waals surface area contributed by atoms with E-state index in [1.54, 1.807) is 11.3 Å². The number of aryl methyl sites for hydroxylation is 2. The van der Waals surface area contributed by atoms with Gasteiger partial charge >= 0.3 is 0 Å². The van der Waals surface area contributed by atoms with Gasteiger partial charge in [0.1, 0.15) is 8.07 Å². The number of hydrogen-bond donors (Lipinski definition) is 1. The van der Waals surface area contributed by atoms with Crippen molar-refractivity contribution < 1.29 is 0 Å². The maximum absolute atomic E-state index is 5.48. The van der Waals surface area contributed by atoms with Crippen LogP contribution in [0.3, 0.4) is 0 Å². The highest BCUT2D eigenvalue weighted by Gasteiger charge is 2.19.